The largest absolute Gasteiger partial charge is 0.341 e. The van der Waals surface area contributed by atoms with Gasteiger partial charge in [0.2, 0.25) is 5.91 Å². The van der Waals surface area contributed by atoms with Gasteiger partial charge in [-0.05, 0) is 63.1 Å². The van der Waals surface area contributed by atoms with Crippen molar-refractivity contribution >= 4 is 5.91 Å². The maximum atomic E-state index is 13.1. The average molecular weight is 307 g/mol. The Morgan fingerprint density at radius 2 is 1.68 bits per heavy atom. The summed E-state index contributed by atoms with van der Waals surface area (Å²) < 4.78 is 0. The minimum atomic E-state index is 0.107. The molecule has 22 heavy (non-hydrogen) atoms. The molecule has 0 aliphatic carbocycles. The molecule has 3 saturated heterocycles. The number of piperidine rings is 2. The summed E-state index contributed by atoms with van der Waals surface area (Å²) in [6, 6.07) is 0.107. The molecule has 0 aromatic heterocycles. The summed E-state index contributed by atoms with van der Waals surface area (Å²) >= 11 is 0. The SMILES string of the molecule is CC(C)C(C(=O)N1CCC2(CCNC2)CC1)N1CCCCC1. The Morgan fingerprint density at radius 1 is 1.00 bits per heavy atom. The van der Waals surface area contributed by atoms with Crippen LogP contribution in [0.1, 0.15) is 52.4 Å². The number of nitrogens with one attached hydrogen (secondary N) is 1. The van der Waals surface area contributed by atoms with Crippen LogP contribution in [-0.4, -0.2) is 61.0 Å². The van der Waals surface area contributed by atoms with Crippen LogP contribution in [0.3, 0.4) is 0 Å². The van der Waals surface area contributed by atoms with Gasteiger partial charge in [0.1, 0.15) is 0 Å². The van der Waals surface area contributed by atoms with Gasteiger partial charge in [-0.25, -0.2) is 0 Å². The van der Waals surface area contributed by atoms with Crippen LogP contribution in [0.25, 0.3) is 0 Å². The second-order valence-corrected chi connectivity index (χ2v) is 8.04. The van der Waals surface area contributed by atoms with Gasteiger partial charge in [0.05, 0.1) is 6.04 Å². The highest BCUT2D eigenvalue weighted by atomic mass is 16.2. The first kappa shape index (κ1) is 16.3. The monoisotopic (exact) mass is 307 g/mol. The number of nitrogens with zero attached hydrogens (tertiary/aromatic N) is 2. The number of carbonyl (C=O) groups excluding carboxylic acids is 1. The van der Waals surface area contributed by atoms with Gasteiger partial charge in [-0.1, -0.05) is 20.3 Å². The lowest BCUT2D eigenvalue weighted by Crippen LogP contribution is -2.55. The fourth-order valence-corrected chi connectivity index (χ4v) is 4.67. The van der Waals surface area contributed by atoms with E-state index < -0.39 is 0 Å². The fraction of sp³-hybridized carbons (Fsp3) is 0.944. The quantitative estimate of drug-likeness (QED) is 0.867. The van der Waals surface area contributed by atoms with Gasteiger partial charge >= 0.3 is 0 Å². The van der Waals surface area contributed by atoms with Crippen LogP contribution in [-0.2, 0) is 4.79 Å². The number of amides is 1. The molecular weight excluding hydrogens is 274 g/mol. The first-order chi connectivity index (χ1) is 10.6. The van der Waals surface area contributed by atoms with Crippen LogP contribution in [0.4, 0.5) is 0 Å². The fourth-order valence-electron chi connectivity index (χ4n) is 4.67. The maximum Gasteiger partial charge on any atom is 0.240 e. The lowest BCUT2D eigenvalue weighted by atomic mass is 9.77. The molecule has 3 rings (SSSR count). The van der Waals surface area contributed by atoms with Crippen LogP contribution in [0.15, 0.2) is 0 Å². The molecule has 3 fully saturated rings. The first-order valence-electron chi connectivity index (χ1n) is 9.35. The van der Waals surface area contributed by atoms with Crippen molar-refractivity contribution in [2.45, 2.75) is 58.4 Å². The normalized spacial score (nSPS) is 27.5. The number of carbonyl (C=O) groups is 1. The van der Waals surface area contributed by atoms with E-state index in [0.29, 0.717) is 17.2 Å². The van der Waals surface area contributed by atoms with E-state index in [1.54, 1.807) is 0 Å². The van der Waals surface area contributed by atoms with Gasteiger partial charge in [-0.15, -0.1) is 0 Å². The topological polar surface area (TPSA) is 35.6 Å². The van der Waals surface area contributed by atoms with E-state index in [1.165, 1.54) is 38.5 Å². The van der Waals surface area contributed by atoms with Crippen molar-refractivity contribution in [1.82, 2.24) is 15.1 Å². The molecule has 1 unspecified atom stereocenters. The number of hydrogen-bond acceptors (Lipinski definition) is 3. The molecule has 0 bridgehead atoms. The Hall–Kier alpha value is -0.610. The lowest BCUT2D eigenvalue weighted by Gasteiger charge is -2.43. The van der Waals surface area contributed by atoms with E-state index in [4.69, 9.17) is 0 Å². The summed E-state index contributed by atoms with van der Waals surface area (Å²) in [6.07, 6.45) is 7.52. The third-order valence-electron chi connectivity index (χ3n) is 6.14. The van der Waals surface area contributed by atoms with Gasteiger partial charge in [-0.3, -0.25) is 9.69 Å². The molecule has 4 nitrogen and oxygen atoms in total. The minimum absolute atomic E-state index is 0.107. The molecule has 0 saturated carbocycles. The Morgan fingerprint density at radius 3 is 2.23 bits per heavy atom. The van der Waals surface area contributed by atoms with Crippen molar-refractivity contribution < 1.29 is 4.79 Å². The molecule has 126 valence electrons. The van der Waals surface area contributed by atoms with Crippen molar-refractivity contribution in [3.8, 4) is 0 Å². The predicted molar refractivity (Wildman–Crippen MR) is 89.8 cm³/mol. The summed E-state index contributed by atoms with van der Waals surface area (Å²) in [7, 11) is 0. The predicted octanol–water partition coefficient (Wildman–Crippen LogP) is 2.10. The zero-order valence-corrected chi connectivity index (χ0v) is 14.4. The molecule has 0 radical (unpaired) electrons. The number of likely N-dealkylation sites (tertiary alicyclic amines) is 2. The zero-order valence-electron chi connectivity index (χ0n) is 14.4. The van der Waals surface area contributed by atoms with Gasteiger partial charge in [0, 0.05) is 19.6 Å². The molecular formula is C18H33N3O. The van der Waals surface area contributed by atoms with Crippen molar-refractivity contribution in [2.24, 2.45) is 11.3 Å². The van der Waals surface area contributed by atoms with Gasteiger partial charge < -0.3 is 10.2 Å². The Labute approximate surface area is 135 Å². The molecule has 3 aliphatic rings. The first-order valence-corrected chi connectivity index (χ1v) is 9.35. The molecule has 1 N–H and O–H groups in total. The third kappa shape index (κ3) is 3.33. The molecule has 1 spiro atoms. The Bertz CT molecular complexity index is 374. The van der Waals surface area contributed by atoms with Crippen LogP contribution >= 0.6 is 0 Å². The molecule has 1 atom stereocenters. The van der Waals surface area contributed by atoms with Crippen LogP contribution in [0, 0.1) is 11.3 Å². The summed E-state index contributed by atoms with van der Waals surface area (Å²) in [6.45, 7) is 10.9. The maximum absolute atomic E-state index is 13.1. The molecule has 4 heteroatoms. The highest BCUT2D eigenvalue weighted by Gasteiger charge is 2.40. The van der Waals surface area contributed by atoms with Crippen LogP contribution in [0.2, 0.25) is 0 Å². The highest BCUT2D eigenvalue weighted by molar-refractivity contribution is 5.82. The van der Waals surface area contributed by atoms with E-state index in [9.17, 15) is 4.79 Å². The molecule has 3 aliphatic heterocycles. The number of hydrogen-bond donors (Lipinski definition) is 1. The lowest BCUT2D eigenvalue weighted by molar-refractivity contribution is -0.141. The Balaban J connectivity index is 1.61. The summed E-state index contributed by atoms with van der Waals surface area (Å²) in [5.41, 5.74) is 0.495. The van der Waals surface area contributed by atoms with E-state index in [0.717, 1.165) is 39.3 Å². The standard InChI is InChI=1S/C18H33N3O/c1-15(2)16(20-10-4-3-5-11-20)17(22)21-12-7-18(8-13-21)6-9-19-14-18/h15-16,19H,3-14H2,1-2H3. The summed E-state index contributed by atoms with van der Waals surface area (Å²) in [5.74, 6) is 0.812. The van der Waals surface area contributed by atoms with Gasteiger partial charge in [0.25, 0.3) is 0 Å². The summed E-state index contributed by atoms with van der Waals surface area (Å²) in [5, 5.41) is 3.51. The third-order valence-corrected chi connectivity index (χ3v) is 6.14. The molecule has 0 aromatic carbocycles. The second-order valence-electron chi connectivity index (χ2n) is 8.04. The smallest absolute Gasteiger partial charge is 0.240 e. The van der Waals surface area contributed by atoms with Crippen molar-refractivity contribution in [3.63, 3.8) is 0 Å². The molecule has 1 amide bonds. The van der Waals surface area contributed by atoms with E-state index >= 15 is 0 Å². The molecule has 0 aromatic rings. The summed E-state index contributed by atoms with van der Waals surface area (Å²) in [4.78, 5) is 17.7. The Kier molecular flexibility index (Phi) is 5.08. The second kappa shape index (κ2) is 6.88. The van der Waals surface area contributed by atoms with Gasteiger partial charge in [0.15, 0.2) is 0 Å². The van der Waals surface area contributed by atoms with E-state index in [2.05, 4.69) is 29.0 Å². The highest BCUT2D eigenvalue weighted by Crippen LogP contribution is 2.37. The zero-order chi connectivity index (χ0) is 15.6. The van der Waals surface area contributed by atoms with Crippen molar-refractivity contribution in [1.29, 1.82) is 0 Å². The number of rotatable bonds is 3. The average Bonchev–Trinajstić information content (AvgIpc) is 2.97. The van der Waals surface area contributed by atoms with Crippen molar-refractivity contribution in [2.75, 3.05) is 39.3 Å². The van der Waals surface area contributed by atoms with Crippen LogP contribution in [0.5, 0.6) is 0 Å². The van der Waals surface area contributed by atoms with Gasteiger partial charge in [-0.2, -0.15) is 0 Å². The van der Waals surface area contributed by atoms with E-state index in [1.807, 2.05) is 0 Å². The molecule has 3 heterocycles. The van der Waals surface area contributed by atoms with Crippen molar-refractivity contribution in [3.05, 3.63) is 0 Å². The minimum Gasteiger partial charge on any atom is -0.341 e. The van der Waals surface area contributed by atoms with Crippen LogP contribution < -0.4 is 5.32 Å². The van der Waals surface area contributed by atoms with E-state index in [-0.39, 0.29) is 6.04 Å².